The third kappa shape index (κ3) is 6.15. The van der Waals surface area contributed by atoms with Crippen LogP contribution in [0.2, 0.25) is 0 Å². The Balaban J connectivity index is 1.44. The second-order valence-corrected chi connectivity index (χ2v) is 8.89. The number of benzene rings is 2. The molecule has 1 aromatic heterocycles. The Kier molecular flexibility index (Phi) is 7.77. The average molecular weight is 493 g/mol. The highest BCUT2D eigenvalue weighted by Crippen LogP contribution is 2.20. The molecule has 2 amide bonds. The average Bonchev–Trinajstić information content (AvgIpc) is 3.54. The summed E-state index contributed by atoms with van der Waals surface area (Å²) in [5.74, 6) is -2.35. The summed E-state index contributed by atoms with van der Waals surface area (Å²) in [5.41, 5.74) is 3.01. The molecule has 188 valence electrons. The molecular weight excluding hydrogens is 464 g/mol. The van der Waals surface area contributed by atoms with Gasteiger partial charge in [-0.1, -0.05) is 54.6 Å². The van der Waals surface area contributed by atoms with Crippen LogP contribution in [0.5, 0.6) is 0 Å². The van der Waals surface area contributed by atoms with Crippen LogP contribution in [0.1, 0.15) is 39.4 Å². The lowest BCUT2D eigenvalue weighted by Crippen LogP contribution is -2.40. The minimum atomic E-state index is -1.66. The minimum absolute atomic E-state index is 0.0349. The molecule has 2 aromatic carbocycles. The first-order valence-electron chi connectivity index (χ1n) is 11.7. The second-order valence-electron chi connectivity index (χ2n) is 8.89. The van der Waals surface area contributed by atoms with Gasteiger partial charge in [-0.15, -0.1) is 0 Å². The highest BCUT2D eigenvalue weighted by Gasteiger charge is 2.28. The normalized spacial score (nSPS) is 16.9. The van der Waals surface area contributed by atoms with Crippen LogP contribution < -0.4 is 5.32 Å². The molecule has 0 spiro atoms. The summed E-state index contributed by atoms with van der Waals surface area (Å²) in [7, 11) is 0. The van der Waals surface area contributed by atoms with Crippen molar-refractivity contribution in [1.82, 2.24) is 20.4 Å². The Labute approximate surface area is 207 Å². The number of carboxylic acids is 1. The molecule has 0 saturated carbocycles. The van der Waals surface area contributed by atoms with E-state index in [9.17, 15) is 24.6 Å². The number of aliphatic hydroxyl groups excluding tert-OH is 2. The van der Waals surface area contributed by atoms with Crippen LogP contribution in [-0.2, 0) is 11.2 Å². The minimum Gasteiger partial charge on any atom is -0.479 e. The number of amides is 2. The van der Waals surface area contributed by atoms with E-state index >= 15 is 0 Å². The molecule has 3 aromatic rings. The van der Waals surface area contributed by atoms with E-state index < -0.39 is 30.1 Å². The van der Waals surface area contributed by atoms with Gasteiger partial charge in [-0.2, -0.15) is 5.10 Å². The molecule has 36 heavy (non-hydrogen) atoms. The van der Waals surface area contributed by atoms with E-state index in [1.54, 1.807) is 0 Å². The Hall–Kier alpha value is -4.02. The molecule has 4 rings (SSSR count). The van der Waals surface area contributed by atoms with Crippen molar-refractivity contribution in [3.63, 3.8) is 0 Å². The van der Waals surface area contributed by atoms with Crippen LogP contribution in [-0.4, -0.2) is 79.5 Å². The van der Waals surface area contributed by atoms with E-state index in [-0.39, 0.29) is 36.7 Å². The SMILES string of the molecule is O=C(NC(Cc1ccc(-c2ccccc2)cc1)CC(O)C(=O)O)c1cc(C(=O)N2CCC(O)C2)[nH]n1. The Morgan fingerprint density at radius 1 is 1.08 bits per heavy atom. The summed E-state index contributed by atoms with van der Waals surface area (Å²) in [5, 5.41) is 37.9. The van der Waals surface area contributed by atoms with Crippen molar-refractivity contribution in [3.8, 4) is 11.1 Å². The molecule has 0 bridgehead atoms. The fourth-order valence-corrected chi connectivity index (χ4v) is 4.22. The number of β-amino-alcohol motifs (C(OH)–C–C–N with tert-alkyl or cyclic N) is 1. The Morgan fingerprint density at radius 3 is 2.42 bits per heavy atom. The second kappa shape index (κ2) is 11.1. The summed E-state index contributed by atoms with van der Waals surface area (Å²) in [4.78, 5) is 38.1. The molecule has 1 aliphatic heterocycles. The van der Waals surface area contributed by atoms with E-state index in [2.05, 4.69) is 15.5 Å². The first-order valence-corrected chi connectivity index (χ1v) is 11.7. The molecule has 0 radical (unpaired) electrons. The van der Waals surface area contributed by atoms with Crippen molar-refractivity contribution < 1.29 is 29.7 Å². The third-order valence-electron chi connectivity index (χ3n) is 6.16. The van der Waals surface area contributed by atoms with Crippen LogP contribution in [0.4, 0.5) is 0 Å². The summed E-state index contributed by atoms with van der Waals surface area (Å²) in [6.45, 7) is 0.635. The number of likely N-dealkylation sites (tertiary alicyclic amines) is 1. The van der Waals surface area contributed by atoms with Crippen LogP contribution in [0, 0.1) is 0 Å². The first-order chi connectivity index (χ1) is 17.3. The monoisotopic (exact) mass is 492 g/mol. The van der Waals surface area contributed by atoms with E-state index in [0.29, 0.717) is 13.0 Å². The number of aliphatic carboxylic acids is 1. The van der Waals surface area contributed by atoms with Gasteiger partial charge in [0.2, 0.25) is 0 Å². The highest BCUT2D eigenvalue weighted by atomic mass is 16.4. The maximum atomic E-state index is 12.9. The number of nitrogens with one attached hydrogen (secondary N) is 2. The molecule has 10 nitrogen and oxygen atoms in total. The summed E-state index contributed by atoms with van der Waals surface area (Å²) in [6, 6.07) is 18.1. The van der Waals surface area contributed by atoms with Gasteiger partial charge in [-0.05, 0) is 29.5 Å². The Bertz CT molecular complexity index is 1210. The molecule has 5 N–H and O–H groups in total. The number of carboxylic acid groups (broad SMARTS) is 1. The lowest BCUT2D eigenvalue weighted by molar-refractivity contribution is -0.147. The number of rotatable bonds is 9. The van der Waals surface area contributed by atoms with E-state index in [1.165, 1.54) is 11.0 Å². The highest BCUT2D eigenvalue weighted by molar-refractivity contribution is 5.97. The van der Waals surface area contributed by atoms with E-state index in [4.69, 9.17) is 5.11 Å². The number of aromatic amines is 1. The lowest BCUT2D eigenvalue weighted by Gasteiger charge is -2.20. The quantitative estimate of drug-likeness (QED) is 0.303. The zero-order valence-corrected chi connectivity index (χ0v) is 19.5. The maximum Gasteiger partial charge on any atom is 0.332 e. The van der Waals surface area contributed by atoms with Gasteiger partial charge in [0, 0.05) is 31.6 Å². The van der Waals surface area contributed by atoms with Crippen LogP contribution in [0.3, 0.4) is 0 Å². The number of aliphatic hydroxyl groups is 2. The predicted octanol–water partition coefficient (Wildman–Crippen LogP) is 1.46. The lowest BCUT2D eigenvalue weighted by atomic mass is 9.97. The smallest absolute Gasteiger partial charge is 0.332 e. The standard InChI is InChI=1S/C26H28N4O6/c31-20-10-11-30(15-20)25(34)22-14-21(28-29-22)24(33)27-19(13-23(32)26(35)36)12-16-6-8-18(9-7-16)17-4-2-1-3-5-17/h1-9,14,19-20,23,31-32H,10-13,15H2,(H,27,33)(H,28,29)(H,35,36). The van der Waals surface area contributed by atoms with Crippen LogP contribution in [0.25, 0.3) is 11.1 Å². The zero-order chi connectivity index (χ0) is 25.7. The first kappa shape index (κ1) is 25.1. The number of H-pyrrole nitrogens is 1. The van der Waals surface area contributed by atoms with Gasteiger partial charge >= 0.3 is 5.97 Å². The maximum absolute atomic E-state index is 12.9. The fourth-order valence-electron chi connectivity index (χ4n) is 4.22. The molecule has 1 fully saturated rings. The van der Waals surface area contributed by atoms with Gasteiger partial charge in [0.15, 0.2) is 11.8 Å². The summed E-state index contributed by atoms with van der Waals surface area (Å²) in [6.07, 6.45) is -1.65. The molecule has 1 aliphatic rings. The van der Waals surface area contributed by atoms with Gasteiger partial charge in [-0.25, -0.2) is 4.79 Å². The van der Waals surface area contributed by atoms with E-state index in [0.717, 1.165) is 16.7 Å². The summed E-state index contributed by atoms with van der Waals surface area (Å²) >= 11 is 0. The van der Waals surface area contributed by atoms with Gasteiger partial charge < -0.3 is 25.5 Å². The largest absolute Gasteiger partial charge is 0.479 e. The molecular formula is C26H28N4O6. The molecule has 3 unspecified atom stereocenters. The number of carbonyl (C=O) groups excluding carboxylic acids is 2. The van der Waals surface area contributed by atoms with Crippen molar-refractivity contribution in [2.45, 2.75) is 37.5 Å². The van der Waals surface area contributed by atoms with E-state index in [1.807, 2.05) is 54.6 Å². The number of nitrogens with zero attached hydrogens (tertiary/aromatic N) is 2. The Morgan fingerprint density at radius 2 is 1.78 bits per heavy atom. The third-order valence-corrected chi connectivity index (χ3v) is 6.16. The van der Waals surface area contributed by atoms with Crippen molar-refractivity contribution in [1.29, 1.82) is 0 Å². The van der Waals surface area contributed by atoms with Gasteiger partial charge in [-0.3, -0.25) is 14.7 Å². The van der Waals surface area contributed by atoms with Gasteiger partial charge in [0.1, 0.15) is 5.69 Å². The van der Waals surface area contributed by atoms with Gasteiger partial charge in [0.25, 0.3) is 11.8 Å². The molecule has 3 atom stereocenters. The molecule has 2 heterocycles. The zero-order valence-electron chi connectivity index (χ0n) is 19.5. The molecule has 0 aliphatic carbocycles. The number of carbonyl (C=O) groups is 3. The van der Waals surface area contributed by atoms with Crippen molar-refractivity contribution in [3.05, 3.63) is 77.6 Å². The topological polar surface area (TPSA) is 156 Å². The van der Waals surface area contributed by atoms with Crippen LogP contribution in [0.15, 0.2) is 60.7 Å². The molecule has 10 heteroatoms. The number of aromatic nitrogens is 2. The fraction of sp³-hybridized carbons (Fsp3) is 0.308. The number of hydrogen-bond donors (Lipinski definition) is 5. The summed E-state index contributed by atoms with van der Waals surface area (Å²) < 4.78 is 0. The van der Waals surface area contributed by atoms with Crippen molar-refractivity contribution in [2.75, 3.05) is 13.1 Å². The number of hydrogen-bond acceptors (Lipinski definition) is 6. The predicted molar refractivity (Wildman–Crippen MR) is 130 cm³/mol. The van der Waals surface area contributed by atoms with Crippen molar-refractivity contribution >= 4 is 17.8 Å². The van der Waals surface area contributed by atoms with Crippen molar-refractivity contribution in [2.24, 2.45) is 0 Å². The van der Waals surface area contributed by atoms with Gasteiger partial charge in [0.05, 0.1) is 6.10 Å². The van der Waals surface area contributed by atoms with Crippen LogP contribution >= 0.6 is 0 Å². The molecule has 1 saturated heterocycles.